The lowest BCUT2D eigenvalue weighted by Crippen LogP contribution is -2.30. The number of anilines is 2. The summed E-state index contributed by atoms with van der Waals surface area (Å²) in [5, 5.41) is 8.94. The van der Waals surface area contributed by atoms with Crippen LogP contribution in [0.5, 0.6) is 5.75 Å². The van der Waals surface area contributed by atoms with Crippen LogP contribution in [-0.4, -0.2) is 41.4 Å². The van der Waals surface area contributed by atoms with Crippen molar-refractivity contribution in [2.24, 2.45) is 0 Å². The number of aliphatic hydroxyl groups excluding tert-OH is 1. The summed E-state index contributed by atoms with van der Waals surface area (Å²) in [6.07, 6.45) is 5.48. The molecule has 0 radical (unpaired) electrons. The molecule has 0 amide bonds. The SMILES string of the molecule is COc1c(N)ncnc1N1CCCC1CCCO. The maximum atomic E-state index is 8.94. The Balaban J connectivity index is 2.21. The summed E-state index contributed by atoms with van der Waals surface area (Å²) in [6.45, 7) is 1.18. The highest BCUT2D eigenvalue weighted by Crippen LogP contribution is 2.35. The van der Waals surface area contributed by atoms with Crippen molar-refractivity contribution in [2.45, 2.75) is 31.7 Å². The molecule has 0 bridgehead atoms. The number of rotatable bonds is 5. The molecule has 6 heteroatoms. The minimum absolute atomic E-state index is 0.230. The maximum absolute atomic E-state index is 8.94. The van der Waals surface area contributed by atoms with Crippen LogP contribution in [0.1, 0.15) is 25.7 Å². The van der Waals surface area contributed by atoms with Gasteiger partial charge in [0.05, 0.1) is 7.11 Å². The molecule has 1 atom stereocenters. The van der Waals surface area contributed by atoms with E-state index in [4.69, 9.17) is 15.6 Å². The second-order valence-electron chi connectivity index (χ2n) is 4.47. The Bertz CT molecular complexity index is 400. The minimum atomic E-state index is 0.230. The van der Waals surface area contributed by atoms with Crippen molar-refractivity contribution in [2.75, 3.05) is 30.9 Å². The van der Waals surface area contributed by atoms with Crippen molar-refractivity contribution < 1.29 is 9.84 Å². The average molecular weight is 252 g/mol. The number of nitrogen functional groups attached to an aromatic ring is 1. The standard InChI is InChI=1S/C12H20N4O2/c1-18-10-11(13)14-8-15-12(10)16-6-2-4-9(16)5-3-7-17/h8-9,17H,2-7H2,1H3,(H2,13,14,15). The van der Waals surface area contributed by atoms with E-state index in [-0.39, 0.29) is 6.61 Å². The Labute approximate surface area is 107 Å². The average Bonchev–Trinajstić information content (AvgIpc) is 2.84. The fraction of sp³-hybridized carbons (Fsp3) is 0.667. The quantitative estimate of drug-likeness (QED) is 0.806. The summed E-state index contributed by atoms with van der Waals surface area (Å²) in [6, 6.07) is 0.403. The molecule has 2 rings (SSSR count). The molecule has 0 saturated carbocycles. The lowest BCUT2D eigenvalue weighted by molar-refractivity contribution is 0.279. The second kappa shape index (κ2) is 5.86. The van der Waals surface area contributed by atoms with E-state index in [1.807, 2.05) is 0 Å². The third-order valence-corrected chi connectivity index (χ3v) is 3.36. The molecule has 1 aromatic heterocycles. The lowest BCUT2D eigenvalue weighted by Gasteiger charge is -2.27. The van der Waals surface area contributed by atoms with E-state index in [2.05, 4.69) is 14.9 Å². The van der Waals surface area contributed by atoms with Gasteiger partial charge in [-0.3, -0.25) is 0 Å². The first-order valence-corrected chi connectivity index (χ1v) is 6.30. The fourth-order valence-electron chi connectivity index (χ4n) is 2.52. The number of hydrogen-bond donors (Lipinski definition) is 2. The molecular weight excluding hydrogens is 232 g/mol. The Kier molecular flexibility index (Phi) is 4.19. The molecule has 100 valence electrons. The first-order chi connectivity index (χ1) is 8.77. The molecule has 6 nitrogen and oxygen atoms in total. The normalized spacial score (nSPS) is 19.2. The molecule has 0 spiro atoms. The van der Waals surface area contributed by atoms with Gasteiger partial charge in [0.15, 0.2) is 11.6 Å². The molecule has 1 fully saturated rings. The van der Waals surface area contributed by atoms with Gasteiger partial charge in [-0.15, -0.1) is 0 Å². The van der Waals surface area contributed by atoms with Crippen LogP contribution in [0.2, 0.25) is 0 Å². The Morgan fingerprint density at radius 3 is 3.11 bits per heavy atom. The molecular formula is C12H20N4O2. The summed E-state index contributed by atoms with van der Waals surface area (Å²) in [5.74, 6) is 1.69. The van der Waals surface area contributed by atoms with Gasteiger partial charge in [-0.2, -0.15) is 0 Å². The van der Waals surface area contributed by atoms with Gasteiger partial charge in [-0.1, -0.05) is 0 Å². The minimum Gasteiger partial charge on any atom is -0.490 e. The number of aliphatic hydroxyl groups is 1. The van der Waals surface area contributed by atoms with Gasteiger partial charge < -0.3 is 20.5 Å². The monoisotopic (exact) mass is 252 g/mol. The van der Waals surface area contributed by atoms with Crippen LogP contribution in [-0.2, 0) is 0 Å². The molecule has 1 unspecified atom stereocenters. The number of nitrogens with zero attached hydrogens (tertiary/aromatic N) is 3. The third kappa shape index (κ3) is 2.48. The van der Waals surface area contributed by atoms with Gasteiger partial charge >= 0.3 is 0 Å². The van der Waals surface area contributed by atoms with Crippen LogP contribution in [0.3, 0.4) is 0 Å². The molecule has 0 aromatic carbocycles. The van der Waals surface area contributed by atoms with Gasteiger partial charge in [0.25, 0.3) is 0 Å². The van der Waals surface area contributed by atoms with Gasteiger partial charge in [0, 0.05) is 19.2 Å². The maximum Gasteiger partial charge on any atom is 0.204 e. The zero-order chi connectivity index (χ0) is 13.0. The molecule has 2 heterocycles. The largest absolute Gasteiger partial charge is 0.490 e. The highest BCUT2D eigenvalue weighted by atomic mass is 16.5. The van der Waals surface area contributed by atoms with Gasteiger partial charge in [0.1, 0.15) is 6.33 Å². The number of hydrogen-bond acceptors (Lipinski definition) is 6. The van der Waals surface area contributed by atoms with E-state index in [0.29, 0.717) is 17.6 Å². The van der Waals surface area contributed by atoms with Crippen molar-refractivity contribution in [3.8, 4) is 5.75 Å². The van der Waals surface area contributed by atoms with E-state index in [1.54, 1.807) is 7.11 Å². The summed E-state index contributed by atoms with van der Waals surface area (Å²) < 4.78 is 5.30. The smallest absolute Gasteiger partial charge is 0.204 e. The molecule has 1 aromatic rings. The predicted molar refractivity (Wildman–Crippen MR) is 69.7 cm³/mol. The van der Waals surface area contributed by atoms with Crippen LogP contribution in [0.4, 0.5) is 11.6 Å². The van der Waals surface area contributed by atoms with E-state index >= 15 is 0 Å². The van der Waals surface area contributed by atoms with Crippen molar-refractivity contribution in [1.29, 1.82) is 0 Å². The molecule has 1 saturated heterocycles. The van der Waals surface area contributed by atoms with Crippen molar-refractivity contribution in [3.63, 3.8) is 0 Å². The predicted octanol–water partition coefficient (Wildman–Crippen LogP) is 0.809. The van der Waals surface area contributed by atoms with E-state index in [1.165, 1.54) is 6.33 Å². The van der Waals surface area contributed by atoms with Crippen molar-refractivity contribution in [3.05, 3.63) is 6.33 Å². The fourth-order valence-corrected chi connectivity index (χ4v) is 2.52. The van der Waals surface area contributed by atoms with Crippen molar-refractivity contribution >= 4 is 11.6 Å². The summed E-state index contributed by atoms with van der Waals surface area (Å²) in [7, 11) is 1.58. The van der Waals surface area contributed by atoms with Crippen LogP contribution >= 0.6 is 0 Å². The Morgan fingerprint density at radius 2 is 2.39 bits per heavy atom. The Morgan fingerprint density at radius 1 is 1.56 bits per heavy atom. The van der Waals surface area contributed by atoms with Crippen LogP contribution in [0, 0.1) is 0 Å². The Hall–Kier alpha value is -1.56. The number of aromatic nitrogens is 2. The van der Waals surface area contributed by atoms with Gasteiger partial charge in [-0.05, 0) is 25.7 Å². The summed E-state index contributed by atoms with van der Waals surface area (Å²) in [4.78, 5) is 10.5. The summed E-state index contributed by atoms with van der Waals surface area (Å²) in [5.41, 5.74) is 5.80. The highest BCUT2D eigenvalue weighted by Gasteiger charge is 2.28. The van der Waals surface area contributed by atoms with Gasteiger partial charge in [-0.25, -0.2) is 9.97 Å². The highest BCUT2D eigenvalue weighted by molar-refractivity contribution is 5.63. The second-order valence-corrected chi connectivity index (χ2v) is 4.47. The molecule has 3 N–H and O–H groups in total. The van der Waals surface area contributed by atoms with E-state index < -0.39 is 0 Å². The number of ether oxygens (including phenoxy) is 1. The van der Waals surface area contributed by atoms with Crippen molar-refractivity contribution in [1.82, 2.24) is 9.97 Å². The number of nitrogens with two attached hydrogens (primary N) is 1. The molecule has 18 heavy (non-hydrogen) atoms. The third-order valence-electron chi connectivity index (χ3n) is 3.36. The van der Waals surface area contributed by atoms with E-state index in [9.17, 15) is 0 Å². The van der Waals surface area contributed by atoms with Crippen LogP contribution in [0.15, 0.2) is 6.33 Å². The molecule has 1 aliphatic heterocycles. The van der Waals surface area contributed by atoms with Crippen LogP contribution < -0.4 is 15.4 Å². The van der Waals surface area contributed by atoms with E-state index in [0.717, 1.165) is 38.0 Å². The zero-order valence-electron chi connectivity index (χ0n) is 10.7. The number of methoxy groups -OCH3 is 1. The molecule has 0 aliphatic carbocycles. The first kappa shape index (κ1) is 12.9. The van der Waals surface area contributed by atoms with Gasteiger partial charge in [0.2, 0.25) is 5.75 Å². The molecule has 1 aliphatic rings. The first-order valence-electron chi connectivity index (χ1n) is 6.30. The lowest BCUT2D eigenvalue weighted by atomic mass is 10.1. The zero-order valence-corrected chi connectivity index (χ0v) is 10.7. The topological polar surface area (TPSA) is 84.5 Å². The summed E-state index contributed by atoms with van der Waals surface area (Å²) >= 11 is 0. The van der Waals surface area contributed by atoms with Crippen LogP contribution in [0.25, 0.3) is 0 Å².